The highest BCUT2D eigenvalue weighted by atomic mass is 31.2. The number of phosphoric ester groups is 1. The molecule has 10 heteroatoms. The number of esters is 2. The van der Waals surface area contributed by atoms with Crippen molar-refractivity contribution in [3.63, 3.8) is 0 Å². The van der Waals surface area contributed by atoms with Crippen molar-refractivity contribution in [2.45, 2.75) is 290 Å². The Balaban J connectivity index is 4.10. The van der Waals surface area contributed by atoms with Gasteiger partial charge in [-0.3, -0.25) is 18.6 Å². The summed E-state index contributed by atoms with van der Waals surface area (Å²) in [6.45, 7) is 4.36. The molecule has 0 heterocycles. The van der Waals surface area contributed by atoms with E-state index in [4.69, 9.17) is 18.5 Å². The second-order valence-corrected chi connectivity index (χ2v) is 23.5. The predicted octanol–water partition coefficient (Wildman–Crippen LogP) is 19.5. The maximum atomic E-state index is 12.8. The van der Waals surface area contributed by atoms with E-state index in [1.165, 1.54) is 180 Å². The molecule has 0 rings (SSSR count). The Morgan fingerprint density at radius 3 is 1.15 bits per heavy atom. The molecular formula is C64H119NO8P+. The molecule has 0 aromatic heterocycles. The summed E-state index contributed by atoms with van der Waals surface area (Å²) in [6, 6.07) is 0. The second-order valence-electron chi connectivity index (χ2n) is 22.1. The topological polar surface area (TPSA) is 108 Å². The SMILES string of the molecule is CC/C=C\C/C=C\C/C=C\C/C=C\C/C=C\CCCCCCCCCCCCCCCC(=O)OC(COC(=O)CCCCCCCCCCCCCCCCCCCCCCC)COP(=O)(O)OCC[N+](C)(C)C. The summed E-state index contributed by atoms with van der Waals surface area (Å²) < 4.78 is 34.6. The Kier molecular flexibility index (Phi) is 53.7. The molecule has 432 valence electrons. The highest BCUT2D eigenvalue weighted by molar-refractivity contribution is 7.47. The third-order valence-electron chi connectivity index (χ3n) is 13.6. The summed E-state index contributed by atoms with van der Waals surface area (Å²) >= 11 is 0. The van der Waals surface area contributed by atoms with Crippen molar-refractivity contribution < 1.29 is 42.1 Å². The summed E-state index contributed by atoms with van der Waals surface area (Å²) in [7, 11) is 1.48. The zero-order valence-electron chi connectivity index (χ0n) is 49.1. The average Bonchev–Trinajstić information content (AvgIpc) is 3.36. The van der Waals surface area contributed by atoms with Gasteiger partial charge in [-0.05, 0) is 57.8 Å². The van der Waals surface area contributed by atoms with Crippen LogP contribution in [0.3, 0.4) is 0 Å². The highest BCUT2D eigenvalue weighted by Crippen LogP contribution is 2.43. The van der Waals surface area contributed by atoms with E-state index in [2.05, 4.69) is 74.6 Å². The summed E-state index contributed by atoms with van der Waals surface area (Å²) in [4.78, 5) is 35.8. The van der Waals surface area contributed by atoms with Gasteiger partial charge in [0.05, 0.1) is 27.7 Å². The number of unbranched alkanes of at least 4 members (excludes halogenated alkanes) is 33. The number of carbonyl (C=O) groups excluding carboxylic acids is 2. The lowest BCUT2D eigenvalue weighted by Gasteiger charge is -2.24. The smallest absolute Gasteiger partial charge is 0.462 e. The van der Waals surface area contributed by atoms with Crippen molar-refractivity contribution in [3.05, 3.63) is 60.8 Å². The van der Waals surface area contributed by atoms with Crippen LogP contribution >= 0.6 is 7.82 Å². The molecule has 0 saturated heterocycles. The van der Waals surface area contributed by atoms with Gasteiger partial charge in [0.25, 0.3) is 0 Å². The molecule has 0 spiro atoms. The minimum Gasteiger partial charge on any atom is -0.462 e. The van der Waals surface area contributed by atoms with Crippen molar-refractivity contribution in [1.29, 1.82) is 0 Å². The molecule has 0 amide bonds. The fourth-order valence-corrected chi connectivity index (χ4v) is 9.55. The third-order valence-corrected chi connectivity index (χ3v) is 14.5. The van der Waals surface area contributed by atoms with Crippen LogP contribution in [0.2, 0.25) is 0 Å². The number of hydrogen-bond acceptors (Lipinski definition) is 7. The van der Waals surface area contributed by atoms with Gasteiger partial charge in [-0.2, -0.15) is 0 Å². The summed E-state index contributed by atoms with van der Waals surface area (Å²) in [5, 5.41) is 0. The molecule has 0 aliphatic rings. The molecule has 0 aliphatic carbocycles. The van der Waals surface area contributed by atoms with Crippen molar-refractivity contribution in [2.24, 2.45) is 0 Å². The molecular weight excluding hydrogens is 942 g/mol. The first-order valence-electron chi connectivity index (χ1n) is 31.0. The van der Waals surface area contributed by atoms with Crippen molar-refractivity contribution in [3.8, 4) is 0 Å². The van der Waals surface area contributed by atoms with Crippen LogP contribution in [-0.2, 0) is 32.7 Å². The first-order chi connectivity index (χ1) is 36.0. The minimum atomic E-state index is -4.39. The Morgan fingerprint density at radius 1 is 0.432 bits per heavy atom. The number of nitrogens with zero attached hydrogens (tertiary/aromatic N) is 1. The Labute approximate surface area is 457 Å². The Hall–Kier alpha value is -2.29. The molecule has 0 radical (unpaired) electrons. The van der Waals surface area contributed by atoms with Crippen LogP contribution in [0, 0.1) is 0 Å². The van der Waals surface area contributed by atoms with E-state index >= 15 is 0 Å². The van der Waals surface area contributed by atoms with Crippen molar-refractivity contribution >= 4 is 19.8 Å². The van der Waals surface area contributed by atoms with Crippen molar-refractivity contribution in [1.82, 2.24) is 0 Å². The maximum Gasteiger partial charge on any atom is 0.472 e. The van der Waals surface area contributed by atoms with E-state index in [1.54, 1.807) is 0 Å². The molecule has 0 aromatic carbocycles. The quantitative estimate of drug-likeness (QED) is 0.0211. The van der Waals surface area contributed by atoms with Crippen LogP contribution in [0.1, 0.15) is 284 Å². The van der Waals surface area contributed by atoms with Crippen LogP contribution in [0.4, 0.5) is 0 Å². The fourth-order valence-electron chi connectivity index (χ4n) is 8.81. The lowest BCUT2D eigenvalue weighted by molar-refractivity contribution is -0.870. The van der Waals surface area contributed by atoms with Crippen LogP contribution < -0.4 is 0 Å². The van der Waals surface area contributed by atoms with Crippen LogP contribution in [0.25, 0.3) is 0 Å². The first kappa shape index (κ1) is 71.7. The van der Waals surface area contributed by atoms with Gasteiger partial charge in [0.2, 0.25) is 0 Å². The maximum absolute atomic E-state index is 12.8. The Bertz CT molecular complexity index is 1430. The number of allylic oxidation sites excluding steroid dienone is 10. The molecule has 74 heavy (non-hydrogen) atoms. The van der Waals surface area contributed by atoms with Crippen LogP contribution in [-0.4, -0.2) is 74.9 Å². The molecule has 0 aromatic rings. The van der Waals surface area contributed by atoms with Gasteiger partial charge in [0.15, 0.2) is 6.10 Å². The molecule has 2 unspecified atom stereocenters. The summed E-state index contributed by atoms with van der Waals surface area (Å²) in [6.07, 6.45) is 71.5. The van der Waals surface area contributed by atoms with Crippen molar-refractivity contribution in [2.75, 3.05) is 47.5 Å². The van der Waals surface area contributed by atoms with Gasteiger partial charge in [-0.15, -0.1) is 0 Å². The Morgan fingerprint density at radius 2 is 0.770 bits per heavy atom. The number of hydrogen-bond donors (Lipinski definition) is 1. The van der Waals surface area contributed by atoms with E-state index < -0.39 is 26.5 Å². The average molecular weight is 1060 g/mol. The lowest BCUT2D eigenvalue weighted by atomic mass is 10.0. The molecule has 0 fully saturated rings. The standard InChI is InChI=1S/C64H118NO8P/c1-6-8-10-12-14-16-18-20-22-24-26-28-29-30-31-32-33-34-35-37-39-41-43-45-47-49-51-53-55-57-64(67)73-62(61-72-74(68,69)71-59-58-65(3,4)5)60-70-63(66)56-54-52-50-48-46-44-42-40-38-36-27-25-23-21-19-17-15-13-11-9-7-2/h8,10,14,16,20,22,26,28,30-31,62H,6-7,9,11-13,15,17-19,21,23-25,27,29,32-61H2,1-5H3/p+1/b10-8-,16-14-,22-20-,28-26-,31-30-. The first-order valence-corrected chi connectivity index (χ1v) is 32.5. The number of rotatable bonds is 57. The molecule has 1 N–H and O–H groups in total. The summed E-state index contributed by atoms with van der Waals surface area (Å²) in [5.74, 6) is -0.786. The van der Waals surface area contributed by atoms with E-state index in [-0.39, 0.29) is 25.6 Å². The fraction of sp³-hybridized carbons (Fsp3) is 0.812. The van der Waals surface area contributed by atoms with E-state index in [1.807, 2.05) is 21.1 Å². The van der Waals surface area contributed by atoms with Gasteiger partial charge in [-0.25, -0.2) is 4.57 Å². The third kappa shape index (κ3) is 59.0. The number of phosphoric acid groups is 1. The minimum absolute atomic E-state index is 0.0319. The van der Waals surface area contributed by atoms with Gasteiger partial charge >= 0.3 is 19.8 Å². The number of quaternary nitrogens is 1. The zero-order chi connectivity index (χ0) is 54.2. The van der Waals surface area contributed by atoms with Gasteiger partial charge in [-0.1, -0.05) is 274 Å². The summed E-state index contributed by atoms with van der Waals surface area (Å²) in [5.41, 5.74) is 0. The van der Waals surface area contributed by atoms with Gasteiger partial charge in [0.1, 0.15) is 19.8 Å². The molecule has 0 saturated carbocycles. The largest absolute Gasteiger partial charge is 0.472 e. The monoisotopic (exact) mass is 1060 g/mol. The van der Waals surface area contributed by atoms with Crippen LogP contribution in [0.5, 0.6) is 0 Å². The molecule has 0 aliphatic heterocycles. The van der Waals surface area contributed by atoms with E-state index in [0.717, 1.165) is 70.6 Å². The van der Waals surface area contributed by atoms with Crippen LogP contribution in [0.15, 0.2) is 60.8 Å². The molecule has 9 nitrogen and oxygen atoms in total. The molecule has 0 bridgehead atoms. The van der Waals surface area contributed by atoms with E-state index in [0.29, 0.717) is 23.9 Å². The number of likely N-dealkylation sites (N-methyl/N-ethyl adjacent to an activating group) is 1. The normalized spacial score (nSPS) is 13.6. The zero-order valence-corrected chi connectivity index (χ0v) is 50.0. The second kappa shape index (κ2) is 55.5. The highest BCUT2D eigenvalue weighted by Gasteiger charge is 2.27. The lowest BCUT2D eigenvalue weighted by Crippen LogP contribution is -2.37. The number of ether oxygens (including phenoxy) is 2. The predicted molar refractivity (Wildman–Crippen MR) is 316 cm³/mol. The van der Waals surface area contributed by atoms with Gasteiger partial charge in [0, 0.05) is 12.8 Å². The number of carbonyl (C=O) groups is 2. The van der Waals surface area contributed by atoms with Gasteiger partial charge < -0.3 is 18.9 Å². The molecule has 2 atom stereocenters. The van der Waals surface area contributed by atoms with E-state index in [9.17, 15) is 19.0 Å².